The van der Waals surface area contributed by atoms with E-state index in [1.165, 1.54) is 6.20 Å². The molecular formula is C10H5Cl2N3O. The van der Waals surface area contributed by atoms with Crippen LogP contribution in [0.1, 0.15) is 0 Å². The maximum absolute atomic E-state index is 6.02. The van der Waals surface area contributed by atoms with Crippen molar-refractivity contribution >= 4 is 51.2 Å². The van der Waals surface area contributed by atoms with E-state index in [2.05, 4.69) is 9.97 Å². The highest BCUT2D eigenvalue weighted by atomic mass is 35.5. The summed E-state index contributed by atoms with van der Waals surface area (Å²) in [5.41, 5.74) is 7.22. The van der Waals surface area contributed by atoms with Gasteiger partial charge >= 0.3 is 0 Å². The van der Waals surface area contributed by atoms with E-state index in [1.807, 2.05) is 0 Å². The van der Waals surface area contributed by atoms with Gasteiger partial charge in [0, 0.05) is 10.4 Å². The van der Waals surface area contributed by atoms with Crippen LogP contribution in [0.2, 0.25) is 10.0 Å². The Labute approximate surface area is 100.0 Å². The fourth-order valence-corrected chi connectivity index (χ4v) is 2.13. The molecule has 0 bridgehead atoms. The van der Waals surface area contributed by atoms with Gasteiger partial charge in [-0.15, -0.1) is 0 Å². The minimum Gasteiger partial charge on any atom is -0.451 e. The van der Waals surface area contributed by atoms with Gasteiger partial charge in [-0.05, 0) is 12.1 Å². The predicted molar refractivity (Wildman–Crippen MR) is 63.7 cm³/mol. The summed E-state index contributed by atoms with van der Waals surface area (Å²) < 4.78 is 5.52. The molecule has 0 saturated heterocycles. The highest BCUT2D eigenvalue weighted by Gasteiger charge is 2.12. The van der Waals surface area contributed by atoms with Crippen molar-refractivity contribution in [3.05, 3.63) is 28.4 Å². The van der Waals surface area contributed by atoms with Gasteiger partial charge in [-0.1, -0.05) is 23.2 Å². The third-order valence-electron chi connectivity index (χ3n) is 2.25. The lowest BCUT2D eigenvalue weighted by molar-refractivity contribution is 0.666. The van der Waals surface area contributed by atoms with E-state index >= 15 is 0 Å². The van der Waals surface area contributed by atoms with E-state index in [4.69, 9.17) is 33.4 Å². The number of hydrogen-bond donors (Lipinski definition) is 1. The molecule has 0 spiro atoms. The van der Waals surface area contributed by atoms with Crippen LogP contribution in [0.5, 0.6) is 0 Å². The first-order valence-electron chi connectivity index (χ1n) is 4.45. The maximum atomic E-state index is 6.02. The lowest BCUT2D eigenvalue weighted by atomic mass is 10.2. The molecule has 0 fully saturated rings. The summed E-state index contributed by atoms with van der Waals surface area (Å²) in [6.07, 6.45) is 1.52. The quantitative estimate of drug-likeness (QED) is 0.668. The maximum Gasteiger partial charge on any atom is 0.220 e. The number of nitrogen functional groups attached to an aromatic ring is 1. The Hall–Kier alpha value is -1.52. The summed E-state index contributed by atoms with van der Waals surface area (Å²) in [7, 11) is 0. The molecule has 1 aromatic carbocycles. The van der Waals surface area contributed by atoms with Crippen LogP contribution in [0.3, 0.4) is 0 Å². The molecule has 0 aliphatic carbocycles. The highest BCUT2D eigenvalue weighted by molar-refractivity contribution is 6.39. The first-order chi connectivity index (χ1) is 7.65. The summed E-state index contributed by atoms with van der Waals surface area (Å²) in [4.78, 5) is 7.95. The fraction of sp³-hybridized carbons (Fsp3) is 0. The van der Waals surface area contributed by atoms with Gasteiger partial charge in [0.1, 0.15) is 5.52 Å². The van der Waals surface area contributed by atoms with Gasteiger partial charge < -0.3 is 10.2 Å². The van der Waals surface area contributed by atoms with Crippen molar-refractivity contribution in [2.24, 2.45) is 0 Å². The molecule has 0 radical (unpaired) electrons. The van der Waals surface area contributed by atoms with E-state index in [9.17, 15) is 0 Å². The SMILES string of the molecule is Nc1ncc2oc3c(Cl)cc(Cl)cc3c2n1. The molecule has 2 aromatic heterocycles. The minimum absolute atomic E-state index is 0.186. The molecule has 0 aliphatic rings. The van der Waals surface area contributed by atoms with Crippen LogP contribution < -0.4 is 5.73 Å². The van der Waals surface area contributed by atoms with E-state index in [0.29, 0.717) is 26.7 Å². The second-order valence-electron chi connectivity index (χ2n) is 3.31. The molecule has 6 heteroatoms. The van der Waals surface area contributed by atoms with Gasteiger partial charge in [-0.2, -0.15) is 0 Å². The fourth-order valence-electron chi connectivity index (χ4n) is 1.60. The predicted octanol–water partition coefficient (Wildman–Crippen LogP) is 3.27. The van der Waals surface area contributed by atoms with E-state index in [1.54, 1.807) is 12.1 Å². The number of anilines is 1. The van der Waals surface area contributed by atoms with Crippen LogP contribution in [0.25, 0.3) is 22.1 Å². The number of rotatable bonds is 0. The van der Waals surface area contributed by atoms with Crippen molar-refractivity contribution < 1.29 is 4.42 Å². The standard InChI is InChI=1S/C10H5Cl2N3O/c11-4-1-5-8-7(3-14-10(13)15-8)16-9(5)6(12)2-4/h1-3H,(H2,13,14,15). The van der Waals surface area contributed by atoms with Crippen molar-refractivity contribution in [2.45, 2.75) is 0 Å². The molecular weight excluding hydrogens is 249 g/mol. The van der Waals surface area contributed by atoms with E-state index in [0.717, 1.165) is 5.39 Å². The van der Waals surface area contributed by atoms with Crippen LogP contribution >= 0.6 is 23.2 Å². The first-order valence-corrected chi connectivity index (χ1v) is 5.20. The molecule has 0 amide bonds. The minimum atomic E-state index is 0.186. The lowest BCUT2D eigenvalue weighted by Gasteiger charge is -1.93. The number of fused-ring (bicyclic) bond motifs is 3. The van der Waals surface area contributed by atoms with Crippen molar-refractivity contribution in [3.63, 3.8) is 0 Å². The van der Waals surface area contributed by atoms with Crippen LogP contribution in [-0.4, -0.2) is 9.97 Å². The Morgan fingerprint density at radius 1 is 1.25 bits per heavy atom. The third kappa shape index (κ3) is 1.31. The van der Waals surface area contributed by atoms with Crippen LogP contribution in [-0.2, 0) is 0 Å². The van der Waals surface area contributed by atoms with E-state index < -0.39 is 0 Å². The average molecular weight is 254 g/mol. The number of halogens is 2. The number of furan rings is 1. The number of nitrogens with zero attached hydrogens (tertiary/aromatic N) is 2. The third-order valence-corrected chi connectivity index (χ3v) is 2.75. The van der Waals surface area contributed by atoms with Gasteiger partial charge in [0.05, 0.1) is 11.2 Å². The summed E-state index contributed by atoms with van der Waals surface area (Å²) in [5, 5.41) is 1.71. The molecule has 0 unspecified atom stereocenters. The van der Waals surface area contributed by atoms with Crippen molar-refractivity contribution in [1.82, 2.24) is 9.97 Å². The lowest BCUT2D eigenvalue weighted by Crippen LogP contribution is -1.92. The zero-order valence-corrected chi connectivity index (χ0v) is 9.38. The molecule has 16 heavy (non-hydrogen) atoms. The molecule has 0 atom stereocenters. The molecule has 2 heterocycles. The van der Waals surface area contributed by atoms with Gasteiger partial charge in [0.2, 0.25) is 5.95 Å². The van der Waals surface area contributed by atoms with Crippen molar-refractivity contribution in [1.29, 1.82) is 0 Å². The Morgan fingerprint density at radius 2 is 2.06 bits per heavy atom. The smallest absolute Gasteiger partial charge is 0.220 e. The van der Waals surface area contributed by atoms with Gasteiger partial charge in [0.25, 0.3) is 0 Å². The monoisotopic (exact) mass is 253 g/mol. The Balaban J connectivity index is 2.57. The first kappa shape index (κ1) is 9.69. The zero-order chi connectivity index (χ0) is 11.3. The number of aromatic nitrogens is 2. The molecule has 3 rings (SSSR count). The number of benzene rings is 1. The summed E-state index contributed by atoms with van der Waals surface area (Å²) in [5.74, 6) is 0.186. The van der Waals surface area contributed by atoms with Crippen molar-refractivity contribution in [2.75, 3.05) is 5.73 Å². The molecule has 0 saturated carbocycles. The van der Waals surface area contributed by atoms with Crippen LogP contribution in [0.4, 0.5) is 5.95 Å². The summed E-state index contributed by atoms with van der Waals surface area (Å²) >= 11 is 11.9. The van der Waals surface area contributed by atoms with Crippen LogP contribution in [0, 0.1) is 0 Å². The second-order valence-corrected chi connectivity index (χ2v) is 4.15. The largest absolute Gasteiger partial charge is 0.451 e. The molecule has 2 N–H and O–H groups in total. The van der Waals surface area contributed by atoms with Gasteiger partial charge in [0.15, 0.2) is 11.2 Å². The summed E-state index contributed by atoms with van der Waals surface area (Å²) in [6, 6.07) is 3.35. The van der Waals surface area contributed by atoms with Gasteiger partial charge in [-0.25, -0.2) is 9.97 Å². The Bertz CT molecular complexity index is 708. The summed E-state index contributed by atoms with van der Waals surface area (Å²) in [6.45, 7) is 0. The normalized spacial score (nSPS) is 11.4. The Kier molecular flexibility index (Phi) is 1.96. The van der Waals surface area contributed by atoms with Crippen molar-refractivity contribution in [3.8, 4) is 0 Å². The molecule has 4 nitrogen and oxygen atoms in total. The second kappa shape index (κ2) is 3.23. The van der Waals surface area contributed by atoms with Gasteiger partial charge in [-0.3, -0.25) is 0 Å². The van der Waals surface area contributed by atoms with Crippen LogP contribution in [0.15, 0.2) is 22.7 Å². The molecule has 80 valence electrons. The average Bonchev–Trinajstić information content (AvgIpc) is 2.57. The van der Waals surface area contributed by atoms with E-state index in [-0.39, 0.29) is 5.95 Å². The Morgan fingerprint density at radius 3 is 2.88 bits per heavy atom. The number of nitrogens with two attached hydrogens (primary N) is 1. The topological polar surface area (TPSA) is 64.9 Å². The molecule has 3 aromatic rings. The number of hydrogen-bond acceptors (Lipinski definition) is 4. The molecule has 0 aliphatic heterocycles. The highest BCUT2D eigenvalue weighted by Crippen LogP contribution is 2.34. The zero-order valence-electron chi connectivity index (χ0n) is 7.87.